The van der Waals surface area contributed by atoms with Crippen molar-refractivity contribution in [3.8, 4) is 0 Å². The van der Waals surface area contributed by atoms with E-state index in [4.69, 9.17) is 17.1 Å². The zero-order valence-electron chi connectivity index (χ0n) is 8.79. The lowest BCUT2D eigenvalue weighted by molar-refractivity contribution is 0.0150. The molecule has 92 valence electrons. The summed E-state index contributed by atoms with van der Waals surface area (Å²) in [4.78, 5) is 2.53. The largest absolute Gasteiger partial charge is 0.390 e. The number of benzene rings is 1. The van der Waals surface area contributed by atoms with Crippen LogP contribution in [0.5, 0.6) is 0 Å². The predicted octanol–water partition coefficient (Wildman–Crippen LogP) is 2.57. The summed E-state index contributed by atoms with van der Waals surface area (Å²) in [5.74, 6) is -0.519. The zero-order chi connectivity index (χ0) is 12.8. The van der Waals surface area contributed by atoms with E-state index in [0.29, 0.717) is 0 Å². The highest BCUT2D eigenvalue weighted by atomic mass is 35.5. The second-order valence-electron chi connectivity index (χ2n) is 3.42. The minimum Gasteiger partial charge on any atom is -0.390 e. The molecule has 5 nitrogen and oxygen atoms in total. The molecule has 0 fully saturated rings. The lowest BCUT2D eigenvalue weighted by Crippen LogP contribution is -2.19. The van der Waals surface area contributed by atoms with Gasteiger partial charge in [0.15, 0.2) is 0 Å². The Balaban J connectivity index is 2.73. The Hall–Kier alpha value is -1.33. The van der Waals surface area contributed by atoms with Crippen LogP contribution in [0.1, 0.15) is 18.1 Å². The highest BCUT2D eigenvalue weighted by Crippen LogP contribution is 2.27. The van der Waals surface area contributed by atoms with Crippen molar-refractivity contribution >= 4 is 11.6 Å². The first-order chi connectivity index (χ1) is 8.06. The van der Waals surface area contributed by atoms with Gasteiger partial charge in [0.1, 0.15) is 11.9 Å². The van der Waals surface area contributed by atoms with Gasteiger partial charge in [-0.25, -0.2) is 4.39 Å². The average Bonchev–Trinajstić information content (AvgIpc) is 2.28. The molecule has 2 atom stereocenters. The van der Waals surface area contributed by atoms with Crippen LogP contribution in [0.25, 0.3) is 10.4 Å². The normalized spacial score (nSPS) is 13.9. The molecule has 0 bridgehead atoms. The minimum atomic E-state index is -1.24. The quantitative estimate of drug-likeness (QED) is 0.483. The molecule has 17 heavy (non-hydrogen) atoms. The first kappa shape index (κ1) is 13.7. The summed E-state index contributed by atoms with van der Waals surface area (Å²) in [5.41, 5.74) is 8.30. The van der Waals surface area contributed by atoms with Gasteiger partial charge in [-0.3, -0.25) is 0 Å². The van der Waals surface area contributed by atoms with Gasteiger partial charge in [-0.15, -0.1) is 0 Å². The van der Waals surface area contributed by atoms with Crippen molar-refractivity contribution in [2.75, 3.05) is 6.54 Å². The number of hydrogen-bond acceptors (Lipinski definition) is 3. The molecule has 2 N–H and O–H groups in total. The molecule has 1 aromatic carbocycles. The third-order valence-electron chi connectivity index (χ3n) is 2.23. The van der Waals surface area contributed by atoms with E-state index in [1.54, 1.807) is 0 Å². The van der Waals surface area contributed by atoms with Crippen LogP contribution in [0.3, 0.4) is 0 Å². The summed E-state index contributed by atoms with van der Waals surface area (Å²) in [6.07, 6.45) is -2.26. The summed E-state index contributed by atoms with van der Waals surface area (Å²) < 4.78 is 12.8. The molecule has 0 heterocycles. The zero-order valence-corrected chi connectivity index (χ0v) is 9.55. The maximum atomic E-state index is 12.8. The predicted molar refractivity (Wildman–Crippen MR) is 61.0 cm³/mol. The summed E-state index contributed by atoms with van der Waals surface area (Å²) in [7, 11) is 0. The minimum absolute atomic E-state index is 0.0420. The molecule has 0 amide bonds. The van der Waals surface area contributed by atoms with Crippen molar-refractivity contribution < 1.29 is 14.6 Å². The van der Waals surface area contributed by atoms with E-state index in [1.807, 2.05) is 0 Å². The monoisotopic (exact) mass is 259 g/mol. The van der Waals surface area contributed by atoms with Crippen molar-refractivity contribution in [1.29, 1.82) is 0 Å². The second-order valence-corrected chi connectivity index (χ2v) is 3.83. The van der Waals surface area contributed by atoms with Gasteiger partial charge >= 0.3 is 0 Å². The lowest BCUT2D eigenvalue weighted by Gasteiger charge is -2.18. The number of aliphatic hydroxyl groups excluding tert-OH is 2. The van der Waals surface area contributed by atoms with Crippen molar-refractivity contribution in [3.05, 3.63) is 45.0 Å². The fourth-order valence-corrected chi connectivity index (χ4v) is 1.62. The Kier molecular flexibility index (Phi) is 5.18. The Morgan fingerprint density at radius 1 is 1.47 bits per heavy atom. The van der Waals surface area contributed by atoms with E-state index in [0.717, 1.165) is 12.1 Å². The van der Waals surface area contributed by atoms with Gasteiger partial charge in [0.25, 0.3) is 0 Å². The number of rotatable bonds is 5. The highest BCUT2D eigenvalue weighted by Gasteiger charge is 2.20. The van der Waals surface area contributed by atoms with Crippen LogP contribution >= 0.6 is 11.6 Å². The number of halogens is 2. The molecule has 2 unspecified atom stereocenters. The van der Waals surface area contributed by atoms with Crippen LogP contribution in [0.2, 0.25) is 5.02 Å². The Morgan fingerprint density at radius 2 is 2.18 bits per heavy atom. The molecule has 0 spiro atoms. The summed E-state index contributed by atoms with van der Waals surface area (Å²) in [5, 5.41) is 22.7. The lowest BCUT2D eigenvalue weighted by atomic mass is 10.0. The molecule has 0 aliphatic rings. The Labute approximate surface area is 102 Å². The van der Waals surface area contributed by atoms with Gasteiger partial charge in [0, 0.05) is 22.0 Å². The molecule has 0 aliphatic carbocycles. The molecule has 0 saturated carbocycles. The standard InChI is InChI=1S/C10H11ClFN3O2/c11-8-5-6(12)1-2-7(8)10(17)9(16)3-4-14-15-13/h1-2,5,9-10,16-17H,3-4H2. The number of azide groups is 1. The van der Waals surface area contributed by atoms with E-state index in [2.05, 4.69) is 10.0 Å². The summed E-state index contributed by atoms with van der Waals surface area (Å²) in [6.45, 7) is 0.0630. The van der Waals surface area contributed by atoms with E-state index < -0.39 is 18.0 Å². The number of nitrogens with zero attached hydrogens (tertiary/aromatic N) is 3. The Bertz CT molecular complexity index is 438. The smallest absolute Gasteiger partial charge is 0.124 e. The summed E-state index contributed by atoms with van der Waals surface area (Å²) in [6, 6.07) is 3.50. The number of aliphatic hydroxyl groups is 2. The highest BCUT2D eigenvalue weighted by molar-refractivity contribution is 6.31. The second kappa shape index (κ2) is 6.42. The first-order valence-corrected chi connectivity index (χ1v) is 5.26. The summed E-state index contributed by atoms with van der Waals surface area (Å²) >= 11 is 5.74. The van der Waals surface area contributed by atoms with Gasteiger partial charge < -0.3 is 10.2 Å². The average molecular weight is 260 g/mol. The maximum absolute atomic E-state index is 12.8. The topological polar surface area (TPSA) is 89.2 Å². The van der Waals surface area contributed by atoms with Crippen LogP contribution in [-0.2, 0) is 0 Å². The van der Waals surface area contributed by atoms with Crippen LogP contribution in [-0.4, -0.2) is 22.9 Å². The van der Waals surface area contributed by atoms with Crippen molar-refractivity contribution in [1.82, 2.24) is 0 Å². The molecule has 1 aromatic rings. The van der Waals surface area contributed by atoms with E-state index >= 15 is 0 Å². The van der Waals surface area contributed by atoms with E-state index in [9.17, 15) is 14.6 Å². The molecule has 7 heteroatoms. The van der Waals surface area contributed by atoms with E-state index in [-0.39, 0.29) is 23.6 Å². The van der Waals surface area contributed by atoms with Crippen LogP contribution in [0.4, 0.5) is 4.39 Å². The van der Waals surface area contributed by atoms with Gasteiger partial charge in [-0.05, 0) is 24.1 Å². The van der Waals surface area contributed by atoms with Gasteiger partial charge in [-0.2, -0.15) is 0 Å². The molecule has 0 radical (unpaired) electrons. The molecule has 1 rings (SSSR count). The Morgan fingerprint density at radius 3 is 2.76 bits per heavy atom. The molecule has 0 saturated heterocycles. The molecular formula is C10H11ClFN3O2. The van der Waals surface area contributed by atoms with Gasteiger partial charge in [0.2, 0.25) is 0 Å². The third kappa shape index (κ3) is 3.87. The van der Waals surface area contributed by atoms with Crippen molar-refractivity contribution in [2.24, 2.45) is 5.11 Å². The van der Waals surface area contributed by atoms with E-state index in [1.165, 1.54) is 6.07 Å². The van der Waals surface area contributed by atoms with Gasteiger partial charge in [0.05, 0.1) is 6.10 Å². The van der Waals surface area contributed by atoms with Crippen molar-refractivity contribution in [3.63, 3.8) is 0 Å². The molecule has 0 aromatic heterocycles. The van der Waals surface area contributed by atoms with Crippen LogP contribution < -0.4 is 0 Å². The van der Waals surface area contributed by atoms with Gasteiger partial charge in [-0.1, -0.05) is 22.8 Å². The van der Waals surface area contributed by atoms with Crippen LogP contribution in [0.15, 0.2) is 23.3 Å². The first-order valence-electron chi connectivity index (χ1n) is 4.88. The third-order valence-corrected chi connectivity index (χ3v) is 2.56. The molecule has 0 aliphatic heterocycles. The fourth-order valence-electron chi connectivity index (χ4n) is 1.34. The fraction of sp³-hybridized carbons (Fsp3) is 0.400. The van der Waals surface area contributed by atoms with Crippen molar-refractivity contribution in [2.45, 2.75) is 18.6 Å². The maximum Gasteiger partial charge on any atom is 0.124 e. The SMILES string of the molecule is [N-]=[N+]=NCCC(O)C(O)c1ccc(F)cc1Cl. The van der Waals surface area contributed by atoms with Crippen LogP contribution in [0, 0.1) is 5.82 Å². The number of hydrogen-bond donors (Lipinski definition) is 2. The molecular weight excluding hydrogens is 249 g/mol.